The molecule has 0 atom stereocenters. The fraction of sp³-hybridized carbons (Fsp3) is 0.692. The number of allylic oxidation sites excluding steroid dienone is 4. The van der Waals surface area contributed by atoms with Crippen molar-refractivity contribution in [2.24, 2.45) is 0 Å². The lowest BCUT2D eigenvalue weighted by Gasteiger charge is -2.08. The highest BCUT2D eigenvalue weighted by atomic mass is 14.9. The zero-order chi connectivity index (χ0) is 9.90. The summed E-state index contributed by atoms with van der Waals surface area (Å²) in [5.41, 5.74) is 0. The van der Waals surface area contributed by atoms with Gasteiger partial charge in [0.05, 0.1) is 0 Å². The molecule has 0 aromatic carbocycles. The lowest BCUT2D eigenvalue weighted by Crippen LogP contribution is -2.21. The predicted octanol–water partition coefficient (Wildman–Crippen LogP) is 3.43. The number of hydrogen-bond acceptors (Lipinski definition) is 1. The van der Waals surface area contributed by atoms with E-state index in [1.54, 1.807) is 0 Å². The summed E-state index contributed by atoms with van der Waals surface area (Å²) in [6.07, 6.45) is 18.2. The Morgan fingerprint density at radius 2 is 1.00 bits per heavy atom. The van der Waals surface area contributed by atoms with Gasteiger partial charge in [-0.3, -0.25) is 0 Å². The highest BCUT2D eigenvalue weighted by Crippen LogP contribution is 2.02. The average molecular weight is 193 g/mol. The van der Waals surface area contributed by atoms with Crippen molar-refractivity contribution in [3.63, 3.8) is 0 Å². The van der Waals surface area contributed by atoms with Gasteiger partial charge in [0, 0.05) is 0 Å². The highest BCUT2D eigenvalue weighted by molar-refractivity contribution is 4.93. The summed E-state index contributed by atoms with van der Waals surface area (Å²) in [5, 5.41) is 3.28. The van der Waals surface area contributed by atoms with Crippen molar-refractivity contribution < 1.29 is 0 Å². The average Bonchev–Trinajstić information content (AvgIpc) is 2.20. The summed E-state index contributed by atoms with van der Waals surface area (Å²) in [7, 11) is 0. The van der Waals surface area contributed by atoms with E-state index in [9.17, 15) is 0 Å². The minimum Gasteiger partial charge on any atom is -0.317 e. The molecule has 80 valence electrons. The minimum atomic E-state index is 1.23. The Morgan fingerprint density at radius 3 is 1.21 bits per heavy atom. The van der Waals surface area contributed by atoms with Crippen LogP contribution in [0.25, 0.3) is 0 Å². The second-order valence-corrected chi connectivity index (χ2v) is 3.91. The van der Waals surface area contributed by atoms with Gasteiger partial charge in [-0.15, -0.1) is 0 Å². The third-order valence-corrected chi connectivity index (χ3v) is 2.54. The monoisotopic (exact) mass is 193 g/mol. The number of hydrogen-bond donors (Lipinski definition) is 1. The summed E-state index contributed by atoms with van der Waals surface area (Å²) >= 11 is 0. The second-order valence-electron chi connectivity index (χ2n) is 3.91. The van der Waals surface area contributed by atoms with E-state index < -0.39 is 0 Å². The zero-order valence-corrected chi connectivity index (χ0v) is 9.17. The molecule has 1 aliphatic carbocycles. The summed E-state index contributed by atoms with van der Waals surface area (Å²) < 4.78 is 0. The molecule has 0 aromatic heterocycles. The zero-order valence-electron chi connectivity index (χ0n) is 9.17. The summed E-state index contributed by atoms with van der Waals surface area (Å²) in [6.45, 7) is 2.50. The fourth-order valence-corrected chi connectivity index (χ4v) is 1.66. The van der Waals surface area contributed by atoms with Crippen LogP contribution in [0, 0.1) is 0 Å². The van der Waals surface area contributed by atoms with Crippen LogP contribution < -0.4 is 5.32 Å². The summed E-state index contributed by atoms with van der Waals surface area (Å²) in [4.78, 5) is 0. The molecule has 1 aliphatic heterocycles. The SMILES string of the molecule is C1=CCC/C=C\CC1.C1CCNCC1. The molecule has 2 aliphatic rings. The fourth-order valence-electron chi connectivity index (χ4n) is 1.66. The summed E-state index contributed by atoms with van der Waals surface area (Å²) in [6, 6.07) is 0. The molecule has 14 heavy (non-hydrogen) atoms. The van der Waals surface area contributed by atoms with E-state index in [2.05, 4.69) is 29.6 Å². The van der Waals surface area contributed by atoms with Crippen molar-refractivity contribution in [1.29, 1.82) is 0 Å². The van der Waals surface area contributed by atoms with E-state index in [1.807, 2.05) is 0 Å². The van der Waals surface area contributed by atoms with Gasteiger partial charge in [-0.05, 0) is 51.6 Å². The quantitative estimate of drug-likeness (QED) is 0.581. The standard InChI is InChI=1S/C8H12.C5H11N/c1-2-4-6-8-7-5-3-1;1-2-4-6-5-3-1/h1-2,7-8H,3-6H2;6H,1-5H2/b2-1-,8-7?;. The molecule has 1 nitrogen and oxygen atoms in total. The normalized spacial score (nSPS) is 24.0. The van der Waals surface area contributed by atoms with Crippen LogP contribution in [0.4, 0.5) is 0 Å². The first-order valence-corrected chi connectivity index (χ1v) is 6.01. The van der Waals surface area contributed by atoms with Crippen molar-refractivity contribution in [3.05, 3.63) is 24.3 Å². The summed E-state index contributed by atoms with van der Waals surface area (Å²) in [5.74, 6) is 0. The smallest absolute Gasteiger partial charge is 0.00489 e. The molecular weight excluding hydrogens is 170 g/mol. The maximum atomic E-state index is 3.28. The van der Waals surface area contributed by atoms with Crippen LogP contribution in [0.1, 0.15) is 44.9 Å². The largest absolute Gasteiger partial charge is 0.317 e. The maximum Gasteiger partial charge on any atom is -0.00489 e. The molecule has 0 spiro atoms. The minimum absolute atomic E-state index is 1.23. The van der Waals surface area contributed by atoms with Gasteiger partial charge in [0.1, 0.15) is 0 Å². The van der Waals surface area contributed by atoms with E-state index in [-0.39, 0.29) is 0 Å². The van der Waals surface area contributed by atoms with Gasteiger partial charge in [0.15, 0.2) is 0 Å². The van der Waals surface area contributed by atoms with Crippen molar-refractivity contribution >= 4 is 0 Å². The van der Waals surface area contributed by atoms with E-state index in [4.69, 9.17) is 0 Å². The number of rotatable bonds is 0. The molecule has 1 fully saturated rings. The molecule has 2 rings (SSSR count). The lowest BCUT2D eigenvalue weighted by molar-refractivity contribution is 0.520. The van der Waals surface area contributed by atoms with E-state index in [0.29, 0.717) is 0 Å². The van der Waals surface area contributed by atoms with Gasteiger partial charge in [-0.2, -0.15) is 0 Å². The van der Waals surface area contributed by atoms with Crippen LogP contribution in [0.3, 0.4) is 0 Å². The van der Waals surface area contributed by atoms with Gasteiger partial charge in [0.25, 0.3) is 0 Å². The van der Waals surface area contributed by atoms with Crippen LogP contribution in [-0.4, -0.2) is 13.1 Å². The molecule has 0 aromatic rings. The molecule has 0 amide bonds. The van der Waals surface area contributed by atoms with E-state index in [1.165, 1.54) is 58.0 Å². The first kappa shape index (κ1) is 11.5. The molecule has 0 radical (unpaired) electrons. The molecule has 0 unspecified atom stereocenters. The van der Waals surface area contributed by atoms with E-state index >= 15 is 0 Å². The predicted molar refractivity (Wildman–Crippen MR) is 63.5 cm³/mol. The van der Waals surface area contributed by atoms with Crippen molar-refractivity contribution in [2.45, 2.75) is 44.9 Å². The number of nitrogens with one attached hydrogen (secondary N) is 1. The van der Waals surface area contributed by atoms with Crippen LogP contribution in [0.15, 0.2) is 24.3 Å². The van der Waals surface area contributed by atoms with Crippen LogP contribution in [0.5, 0.6) is 0 Å². The first-order valence-electron chi connectivity index (χ1n) is 6.01. The Bertz CT molecular complexity index is 129. The van der Waals surface area contributed by atoms with Crippen molar-refractivity contribution in [1.82, 2.24) is 5.32 Å². The Morgan fingerprint density at radius 1 is 0.571 bits per heavy atom. The molecule has 1 saturated heterocycles. The molecule has 0 bridgehead atoms. The maximum absolute atomic E-state index is 3.28. The second kappa shape index (κ2) is 9.01. The van der Waals surface area contributed by atoms with Crippen LogP contribution >= 0.6 is 0 Å². The highest BCUT2D eigenvalue weighted by Gasteiger charge is 1.93. The van der Waals surface area contributed by atoms with Crippen molar-refractivity contribution in [2.75, 3.05) is 13.1 Å². The van der Waals surface area contributed by atoms with Gasteiger partial charge in [0.2, 0.25) is 0 Å². The number of piperidine rings is 1. The Balaban J connectivity index is 0.000000146. The Kier molecular flexibility index (Phi) is 7.41. The molecule has 1 heteroatoms. The van der Waals surface area contributed by atoms with Gasteiger partial charge < -0.3 is 5.32 Å². The van der Waals surface area contributed by atoms with Gasteiger partial charge in [-0.1, -0.05) is 30.7 Å². The van der Waals surface area contributed by atoms with Crippen molar-refractivity contribution in [3.8, 4) is 0 Å². The molecule has 1 heterocycles. The topological polar surface area (TPSA) is 12.0 Å². The van der Waals surface area contributed by atoms with Crippen LogP contribution in [-0.2, 0) is 0 Å². The molecule has 1 N–H and O–H groups in total. The van der Waals surface area contributed by atoms with E-state index in [0.717, 1.165) is 0 Å². The third kappa shape index (κ3) is 6.90. The Labute approximate surface area is 88.3 Å². The third-order valence-electron chi connectivity index (χ3n) is 2.54. The van der Waals surface area contributed by atoms with Gasteiger partial charge >= 0.3 is 0 Å². The van der Waals surface area contributed by atoms with Crippen LogP contribution in [0.2, 0.25) is 0 Å². The first-order chi connectivity index (χ1) is 7.00. The van der Waals surface area contributed by atoms with Gasteiger partial charge in [-0.25, -0.2) is 0 Å². The molecular formula is C13H23N. The molecule has 0 saturated carbocycles. The lowest BCUT2D eigenvalue weighted by atomic mass is 10.1. The Hall–Kier alpha value is -0.560.